The minimum Gasteiger partial charge on any atom is -0.475 e. The summed E-state index contributed by atoms with van der Waals surface area (Å²) < 4.78 is 62.4. The lowest BCUT2D eigenvalue weighted by atomic mass is 10.2. The zero-order valence-corrected chi connectivity index (χ0v) is 15.9. The fraction of sp³-hybridized carbons (Fsp3) is 0.667. The fourth-order valence-electron chi connectivity index (χ4n) is 2.84. The average Bonchev–Trinajstić information content (AvgIpc) is 3.15. The topological polar surface area (TPSA) is 113 Å². The van der Waals surface area contributed by atoms with Crippen molar-refractivity contribution in [2.75, 3.05) is 44.0 Å². The number of carbonyl (C=O) groups is 1. The zero-order valence-electron chi connectivity index (χ0n) is 15.1. The fourth-order valence-corrected chi connectivity index (χ4v) is 3.86. The molecule has 0 aliphatic carbocycles. The van der Waals surface area contributed by atoms with E-state index in [2.05, 4.69) is 14.9 Å². The van der Waals surface area contributed by atoms with Gasteiger partial charge >= 0.3 is 12.1 Å². The lowest BCUT2D eigenvalue weighted by molar-refractivity contribution is -0.192. The molecule has 1 unspecified atom stereocenters. The summed E-state index contributed by atoms with van der Waals surface area (Å²) in [6.07, 6.45) is 0.170. The van der Waals surface area contributed by atoms with Crippen molar-refractivity contribution in [1.82, 2.24) is 14.3 Å². The van der Waals surface area contributed by atoms with Crippen LogP contribution in [0.25, 0.3) is 0 Å². The lowest BCUT2D eigenvalue weighted by Gasteiger charge is -2.32. The van der Waals surface area contributed by atoms with Crippen LogP contribution in [0.1, 0.15) is 24.7 Å². The quantitative estimate of drug-likeness (QED) is 0.763. The van der Waals surface area contributed by atoms with Crippen LogP contribution in [-0.2, 0) is 19.6 Å². The maximum Gasteiger partial charge on any atom is 0.490 e. The number of halogens is 3. The third-order valence-electron chi connectivity index (χ3n) is 4.14. The summed E-state index contributed by atoms with van der Waals surface area (Å²) in [6, 6.07) is 1.44. The number of rotatable bonds is 3. The highest BCUT2D eigenvalue weighted by molar-refractivity contribution is 7.88. The van der Waals surface area contributed by atoms with Crippen molar-refractivity contribution in [2.24, 2.45) is 0 Å². The standard InChI is InChI=1S/C13H20N4O3S.C2HF3O2/c1-21(18,19)17-8-9-20-10-11(17)13-14-5-4-12(15-13)16-6-2-3-7-16;3-2(4,5)1(6)7/h4-5,11H,2-3,6-10H2,1H3;(H,6,7). The molecule has 28 heavy (non-hydrogen) atoms. The molecule has 3 rings (SSSR count). The third kappa shape index (κ3) is 6.01. The van der Waals surface area contributed by atoms with Crippen molar-refractivity contribution in [3.05, 3.63) is 18.1 Å². The first kappa shape index (κ1) is 22.3. The van der Waals surface area contributed by atoms with E-state index >= 15 is 0 Å². The van der Waals surface area contributed by atoms with Crippen LogP contribution in [0.4, 0.5) is 19.0 Å². The maximum absolute atomic E-state index is 11.9. The Labute approximate surface area is 160 Å². The number of ether oxygens (including phenoxy) is 1. The van der Waals surface area contributed by atoms with Crippen molar-refractivity contribution in [1.29, 1.82) is 0 Å². The largest absolute Gasteiger partial charge is 0.490 e. The molecular formula is C15H21F3N4O5S. The van der Waals surface area contributed by atoms with Gasteiger partial charge in [-0.3, -0.25) is 0 Å². The Morgan fingerprint density at radius 3 is 2.43 bits per heavy atom. The number of alkyl halides is 3. The van der Waals surface area contributed by atoms with E-state index in [0.29, 0.717) is 25.6 Å². The molecule has 1 N–H and O–H groups in total. The highest BCUT2D eigenvalue weighted by atomic mass is 32.2. The molecule has 2 fully saturated rings. The minimum absolute atomic E-state index is 0.302. The van der Waals surface area contributed by atoms with Crippen molar-refractivity contribution in [2.45, 2.75) is 25.1 Å². The Hall–Kier alpha value is -1.99. The van der Waals surface area contributed by atoms with Crippen LogP contribution in [0, 0.1) is 0 Å². The summed E-state index contributed by atoms with van der Waals surface area (Å²) in [5, 5.41) is 7.12. The van der Waals surface area contributed by atoms with E-state index in [4.69, 9.17) is 14.6 Å². The molecule has 3 heterocycles. The second-order valence-electron chi connectivity index (χ2n) is 6.23. The molecule has 1 aromatic rings. The number of sulfonamides is 1. The lowest BCUT2D eigenvalue weighted by Crippen LogP contribution is -2.43. The number of hydrogen-bond acceptors (Lipinski definition) is 7. The van der Waals surface area contributed by atoms with E-state index < -0.39 is 28.2 Å². The number of hydrogen-bond donors (Lipinski definition) is 1. The molecule has 0 amide bonds. The van der Waals surface area contributed by atoms with Crippen molar-refractivity contribution >= 4 is 21.8 Å². The molecule has 2 aliphatic heterocycles. The molecule has 2 saturated heterocycles. The normalized spacial score (nSPS) is 21.1. The van der Waals surface area contributed by atoms with Crippen molar-refractivity contribution in [3.63, 3.8) is 0 Å². The Morgan fingerprint density at radius 2 is 1.89 bits per heavy atom. The Balaban J connectivity index is 0.000000345. The smallest absolute Gasteiger partial charge is 0.475 e. The number of aliphatic carboxylic acids is 1. The van der Waals surface area contributed by atoms with Crippen LogP contribution in [0.3, 0.4) is 0 Å². The van der Waals surface area contributed by atoms with Gasteiger partial charge < -0.3 is 14.7 Å². The summed E-state index contributed by atoms with van der Waals surface area (Å²) in [7, 11) is -3.30. The predicted octanol–water partition coefficient (Wildman–Crippen LogP) is 1.04. The average molecular weight is 426 g/mol. The van der Waals surface area contributed by atoms with Gasteiger partial charge in [-0.2, -0.15) is 17.5 Å². The van der Waals surface area contributed by atoms with Gasteiger partial charge in [0.15, 0.2) is 5.82 Å². The van der Waals surface area contributed by atoms with E-state index in [-0.39, 0.29) is 0 Å². The number of aromatic nitrogens is 2. The SMILES string of the molecule is CS(=O)(=O)N1CCOCC1c1nccc(N2CCCC2)n1.O=C(O)C(F)(F)F. The molecule has 0 radical (unpaired) electrons. The summed E-state index contributed by atoms with van der Waals surface area (Å²) in [6.45, 7) is 3.05. The van der Waals surface area contributed by atoms with Gasteiger partial charge in [-0.15, -0.1) is 0 Å². The highest BCUT2D eigenvalue weighted by Gasteiger charge is 2.38. The third-order valence-corrected chi connectivity index (χ3v) is 5.42. The molecular weight excluding hydrogens is 405 g/mol. The molecule has 9 nitrogen and oxygen atoms in total. The van der Waals surface area contributed by atoms with Crippen LogP contribution in [0.2, 0.25) is 0 Å². The van der Waals surface area contributed by atoms with Gasteiger partial charge in [-0.25, -0.2) is 23.2 Å². The van der Waals surface area contributed by atoms with Gasteiger partial charge in [0.2, 0.25) is 10.0 Å². The van der Waals surface area contributed by atoms with Gasteiger partial charge in [-0.05, 0) is 18.9 Å². The molecule has 0 spiro atoms. The van der Waals surface area contributed by atoms with E-state index in [9.17, 15) is 21.6 Å². The van der Waals surface area contributed by atoms with Gasteiger partial charge in [0, 0.05) is 25.8 Å². The first-order valence-corrected chi connectivity index (χ1v) is 10.3. The summed E-state index contributed by atoms with van der Waals surface area (Å²) >= 11 is 0. The molecule has 158 valence electrons. The van der Waals surface area contributed by atoms with E-state index in [1.165, 1.54) is 23.4 Å². The second kappa shape index (κ2) is 9.01. The van der Waals surface area contributed by atoms with Crippen LogP contribution >= 0.6 is 0 Å². The van der Waals surface area contributed by atoms with E-state index in [1.807, 2.05) is 6.07 Å². The number of nitrogens with zero attached hydrogens (tertiary/aromatic N) is 4. The number of carboxylic acids is 1. The van der Waals surface area contributed by atoms with Gasteiger partial charge in [-0.1, -0.05) is 0 Å². The van der Waals surface area contributed by atoms with Crippen molar-refractivity contribution < 1.29 is 36.2 Å². The Bertz CT molecular complexity index is 784. The number of anilines is 1. The molecule has 1 aromatic heterocycles. The first-order chi connectivity index (χ1) is 13.0. The Morgan fingerprint density at radius 1 is 1.29 bits per heavy atom. The molecule has 0 aromatic carbocycles. The monoisotopic (exact) mass is 426 g/mol. The summed E-state index contributed by atoms with van der Waals surface area (Å²) in [5.74, 6) is -1.37. The minimum atomic E-state index is -5.08. The number of morpholine rings is 1. The molecule has 0 saturated carbocycles. The van der Waals surface area contributed by atoms with E-state index in [1.54, 1.807) is 6.20 Å². The predicted molar refractivity (Wildman–Crippen MR) is 92.3 cm³/mol. The van der Waals surface area contributed by atoms with Crippen LogP contribution < -0.4 is 4.90 Å². The highest BCUT2D eigenvalue weighted by Crippen LogP contribution is 2.26. The first-order valence-electron chi connectivity index (χ1n) is 8.42. The summed E-state index contributed by atoms with van der Waals surface area (Å²) in [5.41, 5.74) is 0. The molecule has 1 atom stereocenters. The zero-order chi connectivity index (χ0) is 20.9. The molecule has 0 bridgehead atoms. The Kier molecular flexibility index (Phi) is 7.17. The second-order valence-corrected chi connectivity index (χ2v) is 8.17. The van der Waals surface area contributed by atoms with Gasteiger partial charge in [0.05, 0.1) is 19.5 Å². The van der Waals surface area contributed by atoms with Crippen LogP contribution in [0.15, 0.2) is 12.3 Å². The van der Waals surface area contributed by atoms with Crippen LogP contribution in [-0.4, -0.2) is 79.0 Å². The molecule has 13 heteroatoms. The van der Waals surface area contributed by atoms with Crippen molar-refractivity contribution in [3.8, 4) is 0 Å². The maximum atomic E-state index is 11.9. The van der Waals surface area contributed by atoms with Gasteiger partial charge in [0.25, 0.3) is 0 Å². The number of carboxylic acid groups (broad SMARTS) is 1. The molecule has 2 aliphatic rings. The van der Waals surface area contributed by atoms with Gasteiger partial charge in [0.1, 0.15) is 11.9 Å². The van der Waals surface area contributed by atoms with E-state index in [0.717, 1.165) is 18.9 Å². The van der Waals surface area contributed by atoms with Crippen LogP contribution in [0.5, 0.6) is 0 Å². The summed E-state index contributed by atoms with van der Waals surface area (Å²) in [4.78, 5) is 19.9.